The van der Waals surface area contributed by atoms with Crippen LogP contribution < -0.4 is 4.84 Å². The first-order valence-electron chi connectivity index (χ1n) is 6.71. The lowest BCUT2D eigenvalue weighted by molar-refractivity contribution is -0.143. The summed E-state index contributed by atoms with van der Waals surface area (Å²) in [7, 11) is 0. The Labute approximate surface area is 142 Å². The van der Waals surface area contributed by atoms with Crippen LogP contribution in [-0.2, 0) is 9.53 Å². The van der Waals surface area contributed by atoms with Crippen molar-refractivity contribution in [2.45, 2.75) is 36.2 Å². The molecule has 0 fully saturated rings. The van der Waals surface area contributed by atoms with Gasteiger partial charge in [0, 0.05) is 6.20 Å². The average molecular weight is 364 g/mol. The van der Waals surface area contributed by atoms with Gasteiger partial charge in [0.15, 0.2) is 11.3 Å². The maximum atomic E-state index is 12.4. The summed E-state index contributed by atoms with van der Waals surface area (Å²) < 4.78 is 5.27. The van der Waals surface area contributed by atoms with Gasteiger partial charge in [0.1, 0.15) is 11.4 Å². The first-order valence-corrected chi connectivity index (χ1v) is 8.02. The summed E-state index contributed by atoms with van der Waals surface area (Å²) in [4.78, 5) is 22.4. The molecule has 0 saturated heterocycles. The van der Waals surface area contributed by atoms with E-state index in [2.05, 4.69) is 4.98 Å². The number of esters is 1. The van der Waals surface area contributed by atoms with Crippen LogP contribution in [-0.4, -0.2) is 38.4 Å². The second-order valence-electron chi connectivity index (χ2n) is 5.20. The zero-order chi connectivity index (χ0) is 16.0. The van der Waals surface area contributed by atoms with E-state index in [1.807, 2.05) is 0 Å². The molecule has 0 spiro atoms. The molecule has 0 bridgehead atoms. The van der Waals surface area contributed by atoms with E-state index in [1.54, 1.807) is 32.2 Å². The number of rotatable bonds is 2. The SMILES string of the molecule is CC(C)OC(=O)C1=C2c3ncccc3ON2[C@H](Cl)[C@@H](Cl)[C@@H]1Cl. The fourth-order valence-corrected chi connectivity index (χ4v) is 3.28. The minimum Gasteiger partial charge on any atom is -0.460 e. The van der Waals surface area contributed by atoms with E-state index >= 15 is 0 Å². The number of aromatic nitrogens is 1. The van der Waals surface area contributed by atoms with Gasteiger partial charge in [-0.15, -0.1) is 23.2 Å². The zero-order valence-electron chi connectivity index (χ0n) is 11.8. The van der Waals surface area contributed by atoms with Crippen LogP contribution >= 0.6 is 34.8 Å². The number of hydrogen-bond donors (Lipinski definition) is 0. The first kappa shape index (κ1) is 15.7. The summed E-state index contributed by atoms with van der Waals surface area (Å²) in [5.41, 5.74) is 0.393. The van der Waals surface area contributed by atoms with Crippen LogP contribution in [0.1, 0.15) is 19.5 Å². The monoisotopic (exact) mass is 362 g/mol. The highest BCUT2D eigenvalue weighted by atomic mass is 35.5. The van der Waals surface area contributed by atoms with Crippen molar-refractivity contribution in [3.8, 4) is 5.75 Å². The molecule has 22 heavy (non-hydrogen) atoms. The van der Waals surface area contributed by atoms with Crippen molar-refractivity contribution in [2.75, 3.05) is 0 Å². The third-order valence-corrected chi connectivity index (χ3v) is 4.96. The Morgan fingerprint density at radius 1 is 1.41 bits per heavy atom. The van der Waals surface area contributed by atoms with Crippen LogP contribution in [0.5, 0.6) is 5.75 Å². The Morgan fingerprint density at radius 2 is 2.14 bits per heavy atom. The lowest BCUT2D eigenvalue weighted by Gasteiger charge is -2.35. The number of hydroxylamine groups is 2. The molecule has 2 aliphatic heterocycles. The van der Waals surface area contributed by atoms with Crippen molar-refractivity contribution in [2.24, 2.45) is 0 Å². The number of alkyl halides is 3. The fraction of sp³-hybridized carbons (Fsp3) is 0.429. The van der Waals surface area contributed by atoms with Crippen LogP contribution in [0.15, 0.2) is 23.9 Å². The number of carbonyl (C=O) groups excluding carboxylic acids is 1. The number of halogens is 3. The minimum atomic E-state index is -0.807. The number of hydrogen-bond acceptors (Lipinski definition) is 5. The molecule has 3 atom stereocenters. The van der Waals surface area contributed by atoms with Crippen molar-refractivity contribution in [3.05, 3.63) is 29.6 Å². The topological polar surface area (TPSA) is 51.7 Å². The molecule has 0 amide bonds. The van der Waals surface area contributed by atoms with Crippen LogP contribution in [0.25, 0.3) is 5.70 Å². The van der Waals surface area contributed by atoms with Crippen LogP contribution in [0, 0.1) is 0 Å². The highest BCUT2D eigenvalue weighted by Crippen LogP contribution is 2.46. The lowest BCUT2D eigenvalue weighted by Crippen LogP contribution is -2.47. The Bertz CT molecular complexity index is 650. The molecule has 5 nitrogen and oxygen atoms in total. The number of fused-ring (bicyclic) bond motifs is 3. The second-order valence-corrected chi connectivity index (χ2v) is 6.62. The van der Waals surface area contributed by atoms with Crippen molar-refractivity contribution in [3.63, 3.8) is 0 Å². The van der Waals surface area contributed by atoms with Gasteiger partial charge in [-0.2, -0.15) is 5.06 Å². The Balaban J connectivity index is 2.16. The normalized spacial score (nSPS) is 26.6. The highest BCUT2D eigenvalue weighted by molar-refractivity contribution is 6.38. The summed E-state index contributed by atoms with van der Waals surface area (Å²) in [6.45, 7) is 3.51. The van der Waals surface area contributed by atoms with E-state index in [9.17, 15) is 4.79 Å². The van der Waals surface area contributed by atoms with E-state index in [-0.39, 0.29) is 11.7 Å². The van der Waals surface area contributed by atoms with Gasteiger partial charge in [0.2, 0.25) is 0 Å². The van der Waals surface area contributed by atoms with Gasteiger partial charge in [-0.25, -0.2) is 4.79 Å². The standard InChI is InChI=1S/C14H13Cl3N2O3/c1-6(2)21-14(20)8-9(15)10(16)13(17)19-12(8)11-7(22-19)4-3-5-18-11/h3-6,9-10,13H,1-2H3/t9-,10+,13+/m1/s1. The smallest absolute Gasteiger partial charge is 0.338 e. The van der Waals surface area contributed by atoms with Crippen LogP contribution in [0.4, 0.5) is 0 Å². The maximum Gasteiger partial charge on any atom is 0.338 e. The fourth-order valence-electron chi connectivity index (χ4n) is 2.36. The first-order chi connectivity index (χ1) is 10.4. The molecule has 2 aliphatic rings. The molecule has 0 aliphatic carbocycles. The van der Waals surface area contributed by atoms with Crippen LogP contribution in [0.3, 0.4) is 0 Å². The van der Waals surface area contributed by atoms with Crippen molar-refractivity contribution >= 4 is 46.5 Å². The summed E-state index contributed by atoms with van der Waals surface area (Å²) >= 11 is 18.9. The summed E-state index contributed by atoms with van der Waals surface area (Å²) in [6, 6.07) is 3.46. The largest absolute Gasteiger partial charge is 0.460 e. The highest BCUT2D eigenvalue weighted by Gasteiger charge is 2.49. The number of carbonyl (C=O) groups is 1. The average Bonchev–Trinajstić information content (AvgIpc) is 2.84. The van der Waals surface area contributed by atoms with Crippen LogP contribution in [0.2, 0.25) is 0 Å². The molecule has 3 heterocycles. The number of nitrogens with zero attached hydrogens (tertiary/aromatic N) is 2. The Kier molecular flexibility index (Phi) is 4.14. The second kappa shape index (κ2) is 5.80. The lowest BCUT2D eigenvalue weighted by atomic mass is 10.0. The van der Waals surface area contributed by atoms with Gasteiger partial charge in [0.05, 0.1) is 22.4 Å². The summed E-state index contributed by atoms with van der Waals surface area (Å²) in [6.07, 6.45) is 1.31. The molecule has 1 aromatic heterocycles. The quantitative estimate of drug-likeness (QED) is 0.459. The van der Waals surface area contributed by atoms with Crippen molar-refractivity contribution in [1.29, 1.82) is 0 Å². The van der Waals surface area contributed by atoms with Crippen molar-refractivity contribution < 1.29 is 14.4 Å². The van der Waals surface area contributed by atoms with Gasteiger partial charge in [-0.1, -0.05) is 11.6 Å². The van der Waals surface area contributed by atoms with Gasteiger partial charge in [-0.05, 0) is 26.0 Å². The Hall–Kier alpha value is -1.17. The third kappa shape index (κ3) is 2.41. The molecule has 3 rings (SSSR count). The molecule has 118 valence electrons. The predicted molar refractivity (Wildman–Crippen MR) is 83.8 cm³/mol. The van der Waals surface area contributed by atoms with E-state index < -0.39 is 22.2 Å². The van der Waals surface area contributed by atoms with E-state index in [0.29, 0.717) is 17.1 Å². The van der Waals surface area contributed by atoms with Crippen molar-refractivity contribution in [1.82, 2.24) is 10.0 Å². The van der Waals surface area contributed by atoms with Gasteiger partial charge in [-0.3, -0.25) is 4.98 Å². The molecule has 8 heteroatoms. The Morgan fingerprint density at radius 3 is 2.82 bits per heavy atom. The van der Waals surface area contributed by atoms with E-state index in [1.165, 1.54) is 5.06 Å². The molecular weight excluding hydrogens is 351 g/mol. The third-order valence-electron chi connectivity index (χ3n) is 3.27. The van der Waals surface area contributed by atoms with E-state index in [0.717, 1.165) is 0 Å². The van der Waals surface area contributed by atoms with Gasteiger partial charge in [0.25, 0.3) is 0 Å². The van der Waals surface area contributed by atoms with Gasteiger partial charge >= 0.3 is 5.97 Å². The molecule has 0 saturated carbocycles. The molecule has 1 aromatic rings. The number of pyridine rings is 1. The molecule has 0 aromatic carbocycles. The van der Waals surface area contributed by atoms with E-state index in [4.69, 9.17) is 44.4 Å². The molecule has 0 unspecified atom stereocenters. The number of ether oxygens (including phenoxy) is 1. The molecular formula is C14H13Cl3N2O3. The zero-order valence-corrected chi connectivity index (χ0v) is 14.1. The minimum absolute atomic E-state index is 0.213. The molecule has 0 N–H and O–H groups in total. The molecule has 0 radical (unpaired) electrons. The predicted octanol–water partition coefficient (Wildman–Crippen LogP) is 3.15. The van der Waals surface area contributed by atoms with Gasteiger partial charge < -0.3 is 9.57 Å². The summed E-state index contributed by atoms with van der Waals surface area (Å²) in [5, 5.41) is -0.165. The maximum absolute atomic E-state index is 12.4. The summed E-state index contributed by atoms with van der Waals surface area (Å²) in [5.74, 6) is -0.0565.